The van der Waals surface area contributed by atoms with E-state index in [2.05, 4.69) is 90.9 Å². The Morgan fingerprint density at radius 2 is 1.54 bits per heavy atom. The van der Waals surface area contributed by atoms with Gasteiger partial charge in [-0.05, 0) is 57.1 Å². The quantitative estimate of drug-likeness (QED) is 0.224. The predicted octanol–water partition coefficient (Wildman–Crippen LogP) is 3.73. The minimum Gasteiger partial charge on any atom is -0.481 e. The van der Waals surface area contributed by atoms with Gasteiger partial charge in [0.15, 0.2) is 5.60 Å². The zero-order valence-corrected chi connectivity index (χ0v) is 23.4. The summed E-state index contributed by atoms with van der Waals surface area (Å²) in [6, 6.07) is 18.9. The number of aliphatic hydroxyl groups is 1. The fourth-order valence-corrected chi connectivity index (χ4v) is 4.58. The van der Waals surface area contributed by atoms with Crippen molar-refractivity contribution in [3.05, 3.63) is 88.9 Å². The first-order valence-corrected chi connectivity index (χ1v) is 12.8. The van der Waals surface area contributed by atoms with Gasteiger partial charge in [-0.1, -0.05) is 36.4 Å². The molecule has 4 aromatic rings. The van der Waals surface area contributed by atoms with E-state index < -0.39 is 36.4 Å². The molecule has 0 bridgehead atoms. The molecule has 216 valence electrons. The highest BCUT2D eigenvalue weighted by molar-refractivity contribution is 5.88. The van der Waals surface area contributed by atoms with Crippen molar-refractivity contribution in [1.29, 1.82) is 0 Å². The number of carbonyl (C=O) groups is 3. The lowest BCUT2D eigenvalue weighted by atomic mass is 9.96. The highest BCUT2D eigenvalue weighted by atomic mass is 16.4. The second kappa shape index (κ2) is 13.2. The number of aliphatic carboxylic acids is 3. The summed E-state index contributed by atoms with van der Waals surface area (Å²) in [6.07, 6.45) is -0.439. The first kappa shape index (κ1) is 30.9. The summed E-state index contributed by atoms with van der Waals surface area (Å²) in [5.74, 6) is -5.02. The number of benzene rings is 2. The molecule has 2 heterocycles. The summed E-state index contributed by atoms with van der Waals surface area (Å²) in [5, 5.41) is 39.9. The molecule has 11 nitrogen and oxygen atoms in total. The summed E-state index contributed by atoms with van der Waals surface area (Å²) < 4.78 is 2.08. The van der Waals surface area contributed by atoms with E-state index in [9.17, 15) is 14.4 Å². The molecule has 0 fully saturated rings. The Bertz CT molecular complexity index is 1540. The van der Waals surface area contributed by atoms with E-state index in [1.54, 1.807) is 0 Å². The lowest BCUT2D eigenvalue weighted by Gasteiger charge is -2.18. The Morgan fingerprint density at radius 1 is 0.878 bits per heavy atom. The molecule has 0 unspecified atom stereocenters. The molecule has 41 heavy (non-hydrogen) atoms. The molecule has 11 heteroatoms. The number of carboxylic acid groups (broad SMARTS) is 3. The van der Waals surface area contributed by atoms with E-state index in [-0.39, 0.29) is 0 Å². The van der Waals surface area contributed by atoms with Gasteiger partial charge in [0.2, 0.25) is 0 Å². The number of pyridine rings is 1. The topological polar surface area (TPSA) is 166 Å². The lowest BCUT2D eigenvalue weighted by Crippen LogP contribution is -2.42. The van der Waals surface area contributed by atoms with Gasteiger partial charge in [-0.15, -0.1) is 0 Å². The number of aryl methyl sites for hydroxylation is 2. The molecule has 0 aliphatic rings. The Morgan fingerprint density at radius 3 is 2.15 bits per heavy atom. The Labute approximate surface area is 237 Å². The van der Waals surface area contributed by atoms with E-state index in [1.807, 2.05) is 12.3 Å². The number of nitrogens with zero attached hydrogens (tertiary/aromatic N) is 4. The van der Waals surface area contributed by atoms with E-state index in [0.29, 0.717) is 0 Å². The molecule has 0 atom stereocenters. The molecule has 2 aromatic carbocycles. The van der Waals surface area contributed by atoms with Crippen LogP contribution in [0.1, 0.15) is 40.9 Å². The van der Waals surface area contributed by atoms with Gasteiger partial charge in [0, 0.05) is 35.9 Å². The van der Waals surface area contributed by atoms with Crippen LogP contribution in [0, 0.1) is 20.8 Å². The van der Waals surface area contributed by atoms with Crippen LogP contribution in [-0.2, 0) is 27.5 Å². The largest absolute Gasteiger partial charge is 0.481 e. The first-order chi connectivity index (χ1) is 19.3. The van der Waals surface area contributed by atoms with Gasteiger partial charge >= 0.3 is 17.9 Å². The van der Waals surface area contributed by atoms with Crippen LogP contribution < -0.4 is 0 Å². The van der Waals surface area contributed by atoms with Crippen LogP contribution >= 0.6 is 0 Å². The van der Waals surface area contributed by atoms with Crippen LogP contribution in [0.5, 0.6) is 0 Å². The Balaban J connectivity index is 0.000000302. The number of aromatic nitrogens is 3. The molecule has 0 saturated heterocycles. The number of hydrogen-bond acceptors (Lipinski definition) is 7. The molecule has 0 aliphatic carbocycles. The van der Waals surface area contributed by atoms with Crippen molar-refractivity contribution in [1.82, 2.24) is 19.7 Å². The smallest absolute Gasteiger partial charge is 0.336 e. The normalized spacial score (nSPS) is 11.3. The molecule has 0 aliphatic heterocycles. The van der Waals surface area contributed by atoms with Crippen molar-refractivity contribution < 1.29 is 34.8 Å². The SMILES string of the molecule is Cc1ccccc1-n1nc(C)c(CN(C)Cc2cccc3ncccc23)c1C.O=C(O)CC(O)(CC(=O)O)C(=O)O. The van der Waals surface area contributed by atoms with Crippen LogP contribution in [0.15, 0.2) is 60.8 Å². The van der Waals surface area contributed by atoms with Crippen LogP contribution in [0.25, 0.3) is 16.6 Å². The molecule has 4 N–H and O–H groups in total. The van der Waals surface area contributed by atoms with Crippen molar-refractivity contribution in [2.45, 2.75) is 52.3 Å². The zero-order valence-electron chi connectivity index (χ0n) is 23.4. The maximum absolute atomic E-state index is 10.3. The Hall–Kier alpha value is -4.61. The van der Waals surface area contributed by atoms with Crippen molar-refractivity contribution in [2.24, 2.45) is 0 Å². The highest BCUT2D eigenvalue weighted by Gasteiger charge is 2.40. The van der Waals surface area contributed by atoms with Crippen molar-refractivity contribution in [3.63, 3.8) is 0 Å². The predicted molar refractivity (Wildman–Crippen MR) is 152 cm³/mol. The maximum Gasteiger partial charge on any atom is 0.336 e. The fourth-order valence-electron chi connectivity index (χ4n) is 4.58. The number of rotatable bonds is 10. The van der Waals surface area contributed by atoms with Crippen LogP contribution in [0.3, 0.4) is 0 Å². The van der Waals surface area contributed by atoms with E-state index in [4.69, 9.17) is 25.5 Å². The summed E-state index contributed by atoms with van der Waals surface area (Å²) in [7, 11) is 2.17. The lowest BCUT2D eigenvalue weighted by molar-refractivity contribution is -0.170. The highest BCUT2D eigenvalue weighted by Crippen LogP contribution is 2.23. The summed E-state index contributed by atoms with van der Waals surface area (Å²) >= 11 is 0. The third kappa shape index (κ3) is 7.74. The molecule has 0 spiro atoms. The number of carboxylic acids is 3. The zero-order chi connectivity index (χ0) is 30.3. The average Bonchev–Trinajstić information content (AvgIpc) is 3.16. The van der Waals surface area contributed by atoms with E-state index in [0.717, 1.165) is 30.0 Å². The van der Waals surface area contributed by atoms with Gasteiger partial charge in [-0.25, -0.2) is 9.48 Å². The second-order valence-electron chi connectivity index (χ2n) is 9.98. The van der Waals surface area contributed by atoms with Gasteiger partial charge < -0.3 is 20.4 Å². The van der Waals surface area contributed by atoms with Crippen molar-refractivity contribution >= 4 is 28.8 Å². The van der Waals surface area contributed by atoms with Gasteiger partial charge in [0.25, 0.3) is 0 Å². The van der Waals surface area contributed by atoms with Gasteiger partial charge in [0.1, 0.15) is 0 Å². The second-order valence-corrected chi connectivity index (χ2v) is 9.98. The van der Waals surface area contributed by atoms with Crippen molar-refractivity contribution in [2.75, 3.05) is 7.05 Å². The molecular weight excluding hydrogens is 528 g/mol. The number of para-hydroxylation sites is 1. The average molecular weight is 563 g/mol. The van der Waals surface area contributed by atoms with E-state index in [1.165, 1.54) is 27.8 Å². The molecule has 0 amide bonds. The van der Waals surface area contributed by atoms with Crippen LogP contribution in [0.4, 0.5) is 0 Å². The molecular formula is C30H34N4O7. The third-order valence-electron chi connectivity index (χ3n) is 6.67. The third-order valence-corrected chi connectivity index (χ3v) is 6.67. The van der Waals surface area contributed by atoms with Crippen molar-refractivity contribution in [3.8, 4) is 5.69 Å². The van der Waals surface area contributed by atoms with Crippen LogP contribution in [-0.4, -0.2) is 70.6 Å². The summed E-state index contributed by atoms with van der Waals surface area (Å²) in [4.78, 5) is 37.3. The minimum atomic E-state index is -2.74. The summed E-state index contributed by atoms with van der Waals surface area (Å²) in [6.45, 7) is 8.13. The fraction of sp³-hybridized carbons (Fsp3) is 0.300. The number of hydrogen-bond donors (Lipinski definition) is 4. The minimum absolute atomic E-state index is 0.861. The monoisotopic (exact) mass is 562 g/mol. The van der Waals surface area contributed by atoms with Gasteiger partial charge in [-0.2, -0.15) is 5.10 Å². The maximum atomic E-state index is 10.3. The molecule has 2 aromatic heterocycles. The van der Waals surface area contributed by atoms with E-state index >= 15 is 0 Å². The summed E-state index contributed by atoms with van der Waals surface area (Å²) in [5.41, 5.74) is 5.59. The molecule has 4 rings (SSSR count). The molecule has 0 radical (unpaired) electrons. The Kier molecular flexibility index (Phi) is 9.93. The first-order valence-electron chi connectivity index (χ1n) is 12.8. The standard InChI is InChI=1S/C24H26N4.C6H8O7/c1-17-9-5-6-13-24(17)28-19(3)22(18(2)26-28)16-27(4)15-20-10-7-12-23-21(20)11-8-14-25-23;7-3(8)1-6(13,5(11)12)2-4(9)10/h5-14H,15-16H2,1-4H3;13H,1-2H2,(H,7,8)(H,9,10)(H,11,12). The van der Waals surface area contributed by atoms with Gasteiger partial charge in [-0.3, -0.25) is 19.5 Å². The number of fused-ring (bicyclic) bond motifs is 1. The van der Waals surface area contributed by atoms with Gasteiger partial charge in [0.05, 0.1) is 29.7 Å². The molecule has 0 saturated carbocycles. The van der Waals surface area contributed by atoms with Crippen LogP contribution in [0.2, 0.25) is 0 Å².